The molecular weight excluding hydrogens is 208 g/mol. The third kappa shape index (κ3) is 1.95. The highest BCUT2D eigenvalue weighted by molar-refractivity contribution is 5.86. The standard InChI is InChI=1S/C12H10O4/c1-2-11(13)15-9-4-3-5-10-8(9)6-7-12(14)16-10/h3-7H,2H2,1H3. The van der Waals surface area contributed by atoms with E-state index >= 15 is 0 Å². The molecule has 0 aliphatic rings. The van der Waals surface area contributed by atoms with Crippen molar-refractivity contribution in [2.24, 2.45) is 0 Å². The van der Waals surface area contributed by atoms with E-state index in [0.717, 1.165) is 0 Å². The van der Waals surface area contributed by atoms with E-state index in [-0.39, 0.29) is 5.97 Å². The number of rotatable bonds is 2. The summed E-state index contributed by atoms with van der Waals surface area (Å²) in [5, 5.41) is 0.615. The highest BCUT2D eigenvalue weighted by Crippen LogP contribution is 2.24. The van der Waals surface area contributed by atoms with Crippen molar-refractivity contribution in [2.75, 3.05) is 0 Å². The third-order valence-electron chi connectivity index (χ3n) is 2.14. The van der Waals surface area contributed by atoms with Gasteiger partial charge in [0.15, 0.2) is 0 Å². The first-order chi connectivity index (χ1) is 7.70. The van der Waals surface area contributed by atoms with Crippen molar-refractivity contribution in [1.82, 2.24) is 0 Å². The summed E-state index contributed by atoms with van der Waals surface area (Å²) < 4.78 is 10.1. The van der Waals surface area contributed by atoms with Crippen LogP contribution in [0, 0.1) is 0 Å². The molecule has 1 aromatic carbocycles. The average molecular weight is 218 g/mol. The Balaban J connectivity index is 2.53. The molecule has 4 heteroatoms. The van der Waals surface area contributed by atoms with Crippen molar-refractivity contribution in [3.63, 3.8) is 0 Å². The molecule has 82 valence electrons. The molecule has 0 aliphatic heterocycles. The molecule has 0 saturated heterocycles. The van der Waals surface area contributed by atoms with Gasteiger partial charge in [-0.2, -0.15) is 0 Å². The number of esters is 1. The molecule has 0 saturated carbocycles. The number of hydrogen-bond acceptors (Lipinski definition) is 4. The fourth-order valence-corrected chi connectivity index (χ4v) is 1.35. The average Bonchev–Trinajstić information content (AvgIpc) is 2.28. The Kier molecular flexibility index (Phi) is 2.72. The van der Waals surface area contributed by atoms with Gasteiger partial charge in [-0.25, -0.2) is 4.79 Å². The van der Waals surface area contributed by atoms with Gasteiger partial charge in [-0.15, -0.1) is 0 Å². The van der Waals surface area contributed by atoms with Gasteiger partial charge in [0, 0.05) is 12.5 Å². The van der Waals surface area contributed by atoms with E-state index < -0.39 is 5.63 Å². The molecule has 0 N–H and O–H groups in total. The Bertz CT molecular complexity index is 583. The molecule has 2 rings (SSSR count). The monoisotopic (exact) mass is 218 g/mol. The molecule has 0 spiro atoms. The SMILES string of the molecule is CCC(=O)Oc1cccc2oc(=O)ccc12. The second kappa shape index (κ2) is 4.18. The van der Waals surface area contributed by atoms with Crippen LogP contribution in [0.2, 0.25) is 0 Å². The summed E-state index contributed by atoms with van der Waals surface area (Å²) in [6.45, 7) is 1.72. The molecule has 1 aromatic heterocycles. The summed E-state index contributed by atoms with van der Waals surface area (Å²) in [5.41, 5.74) is -0.0135. The van der Waals surface area contributed by atoms with E-state index in [1.54, 1.807) is 31.2 Å². The van der Waals surface area contributed by atoms with E-state index in [4.69, 9.17) is 9.15 Å². The zero-order valence-electron chi connectivity index (χ0n) is 8.73. The van der Waals surface area contributed by atoms with Gasteiger partial charge in [0.2, 0.25) is 0 Å². The van der Waals surface area contributed by atoms with Gasteiger partial charge in [0.1, 0.15) is 11.3 Å². The quantitative estimate of drug-likeness (QED) is 0.440. The first-order valence-electron chi connectivity index (χ1n) is 4.94. The zero-order valence-corrected chi connectivity index (χ0v) is 8.73. The van der Waals surface area contributed by atoms with Gasteiger partial charge in [-0.1, -0.05) is 13.0 Å². The number of ether oxygens (including phenoxy) is 1. The largest absolute Gasteiger partial charge is 0.426 e. The highest BCUT2D eigenvalue weighted by atomic mass is 16.5. The summed E-state index contributed by atoms with van der Waals surface area (Å²) in [7, 11) is 0. The second-order valence-electron chi connectivity index (χ2n) is 3.25. The van der Waals surface area contributed by atoms with E-state index in [0.29, 0.717) is 23.1 Å². The van der Waals surface area contributed by atoms with Crippen LogP contribution < -0.4 is 10.4 Å². The molecule has 0 radical (unpaired) electrons. The molecule has 0 aliphatic carbocycles. The summed E-state index contributed by atoms with van der Waals surface area (Å²) in [6.07, 6.45) is 0.299. The number of carbonyl (C=O) groups is 1. The lowest BCUT2D eigenvalue weighted by Gasteiger charge is -2.05. The second-order valence-corrected chi connectivity index (χ2v) is 3.25. The highest BCUT2D eigenvalue weighted by Gasteiger charge is 2.07. The first-order valence-corrected chi connectivity index (χ1v) is 4.94. The van der Waals surface area contributed by atoms with Crippen LogP contribution in [0.25, 0.3) is 11.0 Å². The van der Waals surface area contributed by atoms with Crippen LogP contribution in [-0.2, 0) is 4.79 Å². The molecule has 0 atom stereocenters. The summed E-state index contributed by atoms with van der Waals surface area (Å²) in [5.74, 6) is 0.0896. The van der Waals surface area contributed by atoms with E-state index in [1.165, 1.54) is 6.07 Å². The minimum atomic E-state index is -0.425. The van der Waals surface area contributed by atoms with Crippen LogP contribution in [0.15, 0.2) is 39.5 Å². The lowest BCUT2D eigenvalue weighted by atomic mass is 10.2. The number of hydrogen-bond donors (Lipinski definition) is 0. The van der Waals surface area contributed by atoms with Gasteiger partial charge >= 0.3 is 11.6 Å². The third-order valence-corrected chi connectivity index (χ3v) is 2.14. The molecule has 4 nitrogen and oxygen atoms in total. The molecular formula is C12H10O4. The van der Waals surface area contributed by atoms with Crippen molar-refractivity contribution < 1.29 is 13.9 Å². The van der Waals surface area contributed by atoms with Gasteiger partial charge in [0.05, 0.1) is 5.39 Å². The fraction of sp³-hybridized carbons (Fsp3) is 0.167. The van der Waals surface area contributed by atoms with Gasteiger partial charge < -0.3 is 9.15 Å². The fourth-order valence-electron chi connectivity index (χ4n) is 1.35. The van der Waals surface area contributed by atoms with Gasteiger partial charge in [-0.05, 0) is 18.2 Å². The van der Waals surface area contributed by atoms with E-state index in [1.807, 2.05) is 0 Å². The molecule has 0 amide bonds. The summed E-state index contributed by atoms with van der Waals surface area (Å²) >= 11 is 0. The molecule has 0 unspecified atom stereocenters. The van der Waals surface area contributed by atoms with Crippen molar-refractivity contribution in [3.05, 3.63) is 40.8 Å². The molecule has 0 fully saturated rings. The van der Waals surface area contributed by atoms with Crippen LogP contribution in [-0.4, -0.2) is 5.97 Å². The van der Waals surface area contributed by atoms with Crippen LogP contribution in [0.5, 0.6) is 5.75 Å². The zero-order chi connectivity index (χ0) is 11.5. The lowest BCUT2D eigenvalue weighted by molar-refractivity contribution is -0.133. The number of benzene rings is 1. The van der Waals surface area contributed by atoms with Crippen LogP contribution in [0.3, 0.4) is 0 Å². The number of fused-ring (bicyclic) bond motifs is 1. The topological polar surface area (TPSA) is 56.5 Å². The maximum Gasteiger partial charge on any atom is 0.336 e. The van der Waals surface area contributed by atoms with Crippen LogP contribution in [0.1, 0.15) is 13.3 Å². The smallest absolute Gasteiger partial charge is 0.336 e. The Morgan fingerprint density at radius 1 is 1.31 bits per heavy atom. The van der Waals surface area contributed by atoms with Gasteiger partial charge in [0.25, 0.3) is 0 Å². The Morgan fingerprint density at radius 2 is 2.12 bits per heavy atom. The Hall–Kier alpha value is -2.10. The van der Waals surface area contributed by atoms with E-state index in [9.17, 15) is 9.59 Å². The molecule has 0 bridgehead atoms. The maximum atomic E-state index is 11.2. The summed E-state index contributed by atoms with van der Waals surface area (Å²) in [4.78, 5) is 22.2. The van der Waals surface area contributed by atoms with Gasteiger partial charge in [-0.3, -0.25) is 4.79 Å². The first kappa shape index (κ1) is 10.4. The van der Waals surface area contributed by atoms with Crippen LogP contribution >= 0.6 is 0 Å². The lowest BCUT2D eigenvalue weighted by Crippen LogP contribution is -2.06. The minimum Gasteiger partial charge on any atom is -0.426 e. The number of carbonyl (C=O) groups excluding carboxylic acids is 1. The molecule has 1 heterocycles. The van der Waals surface area contributed by atoms with Crippen molar-refractivity contribution in [1.29, 1.82) is 0 Å². The maximum absolute atomic E-state index is 11.2. The van der Waals surface area contributed by atoms with Crippen molar-refractivity contribution in [3.8, 4) is 5.75 Å². The van der Waals surface area contributed by atoms with Crippen molar-refractivity contribution >= 4 is 16.9 Å². The predicted octanol–water partition coefficient (Wildman–Crippen LogP) is 2.11. The molecule has 16 heavy (non-hydrogen) atoms. The Labute approximate surface area is 91.4 Å². The normalized spacial score (nSPS) is 10.3. The van der Waals surface area contributed by atoms with E-state index in [2.05, 4.69) is 0 Å². The minimum absolute atomic E-state index is 0.299. The van der Waals surface area contributed by atoms with Crippen LogP contribution in [0.4, 0.5) is 0 Å². The summed E-state index contributed by atoms with van der Waals surface area (Å²) in [6, 6.07) is 7.87. The van der Waals surface area contributed by atoms with Crippen molar-refractivity contribution in [2.45, 2.75) is 13.3 Å². The molecule has 2 aromatic rings. The predicted molar refractivity (Wildman–Crippen MR) is 58.4 cm³/mol. The Morgan fingerprint density at radius 3 is 2.88 bits per heavy atom.